The van der Waals surface area contributed by atoms with E-state index in [0.717, 1.165) is 12.1 Å². The van der Waals surface area contributed by atoms with E-state index in [2.05, 4.69) is 4.90 Å². The monoisotopic (exact) mass is 454 g/mol. The number of nitro benzene ring substituents is 1. The molecular formula is C23H26N4O4S. The number of amides is 2. The number of thioether (sulfide) groups is 1. The van der Waals surface area contributed by atoms with Crippen LogP contribution >= 0.6 is 11.8 Å². The molecule has 8 nitrogen and oxygen atoms in total. The summed E-state index contributed by atoms with van der Waals surface area (Å²) in [6, 6.07) is 15.2. The van der Waals surface area contributed by atoms with Crippen LogP contribution in [-0.4, -0.2) is 69.9 Å². The third-order valence-electron chi connectivity index (χ3n) is 6.00. The van der Waals surface area contributed by atoms with Crippen molar-refractivity contribution in [2.45, 2.75) is 24.8 Å². The van der Waals surface area contributed by atoms with Gasteiger partial charge in [0, 0.05) is 55.3 Å². The van der Waals surface area contributed by atoms with Crippen molar-refractivity contribution in [2.24, 2.45) is 0 Å². The molecule has 0 bridgehead atoms. The average Bonchev–Trinajstić information content (AvgIpc) is 3.28. The SMILES string of the molecule is CCC1SCC(C(=O)N2CCN(c3ccc([N+](=O)[O-])cc3)CC2)N1C(=O)c1ccccc1. The number of nitrogens with zero attached hydrogens (tertiary/aromatic N) is 4. The Morgan fingerprint density at radius 1 is 1.03 bits per heavy atom. The number of piperazine rings is 1. The van der Waals surface area contributed by atoms with E-state index in [1.165, 1.54) is 12.1 Å². The molecule has 168 valence electrons. The largest absolute Gasteiger partial charge is 0.368 e. The predicted molar refractivity (Wildman–Crippen MR) is 125 cm³/mol. The molecule has 0 spiro atoms. The Bertz CT molecular complexity index is 977. The maximum Gasteiger partial charge on any atom is 0.269 e. The molecule has 0 aromatic heterocycles. The fourth-order valence-corrected chi connectivity index (χ4v) is 5.60. The molecular weight excluding hydrogens is 428 g/mol. The average molecular weight is 455 g/mol. The molecule has 2 unspecified atom stereocenters. The number of benzene rings is 2. The number of non-ortho nitro benzene ring substituents is 1. The summed E-state index contributed by atoms with van der Waals surface area (Å²) >= 11 is 1.67. The first-order valence-electron chi connectivity index (χ1n) is 10.8. The Morgan fingerprint density at radius 2 is 1.69 bits per heavy atom. The highest BCUT2D eigenvalue weighted by molar-refractivity contribution is 8.00. The minimum Gasteiger partial charge on any atom is -0.368 e. The van der Waals surface area contributed by atoms with E-state index in [4.69, 9.17) is 0 Å². The van der Waals surface area contributed by atoms with Gasteiger partial charge in [-0.05, 0) is 30.7 Å². The first-order valence-corrected chi connectivity index (χ1v) is 11.8. The molecule has 2 aromatic rings. The van der Waals surface area contributed by atoms with E-state index < -0.39 is 11.0 Å². The number of carbonyl (C=O) groups excluding carboxylic acids is 2. The van der Waals surface area contributed by atoms with Crippen LogP contribution in [-0.2, 0) is 4.79 Å². The molecule has 2 aliphatic rings. The van der Waals surface area contributed by atoms with Crippen LogP contribution in [0.5, 0.6) is 0 Å². The van der Waals surface area contributed by atoms with Crippen molar-refractivity contribution >= 4 is 35.0 Å². The van der Waals surface area contributed by atoms with Crippen molar-refractivity contribution in [3.8, 4) is 0 Å². The Hall–Kier alpha value is -3.07. The van der Waals surface area contributed by atoms with Gasteiger partial charge in [-0.2, -0.15) is 0 Å². The number of nitro groups is 1. The van der Waals surface area contributed by atoms with Gasteiger partial charge in [0.05, 0.1) is 10.3 Å². The van der Waals surface area contributed by atoms with Gasteiger partial charge in [-0.25, -0.2) is 0 Å². The maximum atomic E-state index is 13.4. The topological polar surface area (TPSA) is 87.0 Å². The summed E-state index contributed by atoms with van der Waals surface area (Å²) in [5.41, 5.74) is 1.58. The van der Waals surface area contributed by atoms with Crippen LogP contribution in [0.4, 0.5) is 11.4 Å². The first kappa shape index (κ1) is 22.1. The quantitative estimate of drug-likeness (QED) is 0.509. The van der Waals surface area contributed by atoms with Gasteiger partial charge in [0.15, 0.2) is 0 Å². The summed E-state index contributed by atoms with van der Waals surface area (Å²) in [6.45, 7) is 4.45. The molecule has 9 heteroatoms. The van der Waals surface area contributed by atoms with E-state index in [0.29, 0.717) is 37.5 Å². The van der Waals surface area contributed by atoms with E-state index >= 15 is 0 Å². The number of anilines is 1. The molecule has 0 aliphatic carbocycles. The number of hydrogen-bond acceptors (Lipinski definition) is 6. The number of carbonyl (C=O) groups is 2. The van der Waals surface area contributed by atoms with Crippen molar-refractivity contribution in [2.75, 3.05) is 36.8 Å². The van der Waals surface area contributed by atoms with Crippen LogP contribution in [0, 0.1) is 10.1 Å². The predicted octanol–water partition coefficient (Wildman–Crippen LogP) is 3.24. The highest BCUT2D eigenvalue weighted by Gasteiger charge is 2.43. The summed E-state index contributed by atoms with van der Waals surface area (Å²) in [4.78, 5) is 42.8. The van der Waals surface area contributed by atoms with Crippen LogP contribution in [0.15, 0.2) is 54.6 Å². The zero-order valence-electron chi connectivity index (χ0n) is 17.9. The van der Waals surface area contributed by atoms with Crippen molar-refractivity contribution in [1.29, 1.82) is 0 Å². The van der Waals surface area contributed by atoms with E-state index in [9.17, 15) is 19.7 Å². The number of rotatable bonds is 5. The third-order valence-corrected chi connectivity index (χ3v) is 7.45. The van der Waals surface area contributed by atoms with Gasteiger partial charge < -0.3 is 14.7 Å². The van der Waals surface area contributed by atoms with Crippen molar-refractivity contribution in [3.05, 3.63) is 70.3 Å². The molecule has 2 heterocycles. The minimum atomic E-state index is -0.455. The maximum absolute atomic E-state index is 13.4. The molecule has 2 amide bonds. The summed E-state index contributed by atoms with van der Waals surface area (Å²) in [7, 11) is 0. The molecule has 2 atom stereocenters. The van der Waals surface area contributed by atoms with Gasteiger partial charge in [-0.3, -0.25) is 19.7 Å². The van der Waals surface area contributed by atoms with Crippen molar-refractivity contribution in [3.63, 3.8) is 0 Å². The van der Waals surface area contributed by atoms with E-state index in [1.807, 2.05) is 30.0 Å². The fourth-order valence-electron chi connectivity index (χ4n) is 4.25. The Morgan fingerprint density at radius 3 is 2.28 bits per heavy atom. The van der Waals surface area contributed by atoms with E-state index in [-0.39, 0.29) is 22.9 Å². The first-order chi connectivity index (χ1) is 15.5. The number of hydrogen-bond donors (Lipinski definition) is 0. The smallest absolute Gasteiger partial charge is 0.269 e. The molecule has 32 heavy (non-hydrogen) atoms. The second kappa shape index (κ2) is 9.60. The Kier molecular flexibility index (Phi) is 6.64. The lowest BCUT2D eigenvalue weighted by atomic mass is 10.1. The third kappa shape index (κ3) is 4.43. The van der Waals surface area contributed by atoms with E-state index in [1.54, 1.807) is 40.9 Å². The zero-order chi connectivity index (χ0) is 22.7. The highest BCUT2D eigenvalue weighted by Crippen LogP contribution is 2.34. The summed E-state index contributed by atoms with van der Waals surface area (Å²) in [5, 5.41) is 10.9. The van der Waals surface area contributed by atoms with Gasteiger partial charge in [-0.1, -0.05) is 25.1 Å². The summed E-state index contributed by atoms with van der Waals surface area (Å²) < 4.78 is 0. The molecule has 2 fully saturated rings. The Labute approximate surface area is 191 Å². The highest BCUT2D eigenvalue weighted by atomic mass is 32.2. The van der Waals surface area contributed by atoms with Crippen LogP contribution in [0.1, 0.15) is 23.7 Å². The molecule has 0 saturated carbocycles. The normalized spacial score (nSPS) is 21.0. The fraction of sp³-hybridized carbons (Fsp3) is 0.391. The second-order valence-electron chi connectivity index (χ2n) is 7.88. The summed E-state index contributed by atoms with van der Waals surface area (Å²) in [5.74, 6) is 0.518. The lowest BCUT2D eigenvalue weighted by Crippen LogP contribution is -2.56. The molecule has 0 N–H and O–H groups in total. The molecule has 0 radical (unpaired) electrons. The van der Waals surface area contributed by atoms with Crippen LogP contribution in [0.2, 0.25) is 0 Å². The van der Waals surface area contributed by atoms with Crippen molar-refractivity contribution < 1.29 is 14.5 Å². The van der Waals surface area contributed by atoms with Gasteiger partial charge in [0.25, 0.3) is 11.6 Å². The lowest BCUT2D eigenvalue weighted by Gasteiger charge is -2.38. The van der Waals surface area contributed by atoms with Crippen LogP contribution < -0.4 is 4.90 Å². The van der Waals surface area contributed by atoms with Gasteiger partial charge in [-0.15, -0.1) is 11.8 Å². The van der Waals surface area contributed by atoms with Gasteiger partial charge in [0.1, 0.15) is 6.04 Å². The molecule has 2 aromatic carbocycles. The molecule has 4 rings (SSSR count). The minimum absolute atomic E-state index is 0.00100. The van der Waals surface area contributed by atoms with Crippen LogP contribution in [0.25, 0.3) is 0 Å². The zero-order valence-corrected chi connectivity index (χ0v) is 18.7. The molecule has 2 aliphatic heterocycles. The lowest BCUT2D eigenvalue weighted by molar-refractivity contribution is -0.384. The van der Waals surface area contributed by atoms with Gasteiger partial charge >= 0.3 is 0 Å². The van der Waals surface area contributed by atoms with Gasteiger partial charge in [0.2, 0.25) is 5.91 Å². The van der Waals surface area contributed by atoms with Crippen LogP contribution in [0.3, 0.4) is 0 Å². The Balaban J connectivity index is 1.42. The second-order valence-corrected chi connectivity index (χ2v) is 9.09. The molecule has 2 saturated heterocycles. The summed E-state index contributed by atoms with van der Waals surface area (Å²) in [6.07, 6.45) is 0.793. The van der Waals surface area contributed by atoms with Crippen molar-refractivity contribution in [1.82, 2.24) is 9.80 Å². The standard InChI is InChI=1S/C23H26N4O4S/c1-2-21-26(22(28)17-6-4-3-5-7-17)20(16-32-21)23(29)25-14-12-24(13-15-25)18-8-10-19(11-9-18)27(30)31/h3-11,20-21H,2,12-16H2,1H3.